The number of hydrogen-bond donors (Lipinski definition) is 1. The van der Waals surface area contributed by atoms with Crippen LogP contribution in [0.25, 0.3) is 0 Å². The molecule has 23 heavy (non-hydrogen) atoms. The molecule has 0 radical (unpaired) electrons. The van der Waals surface area contributed by atoms with Crippen LogP contribution in [0.3, 0.4) is 0 Å². The van der Waals surface area contributed by atoms with Crippen LogP contribution >= 0.6 is 0 Å². The molecule has 0 aliphatic heterocycles. The maximum absolute atomic E-state index is 11.6. The largest absolute Gasteiger partial charge is 0.379 e. The van der Waals surface area contributed by atoms with Crippen molar-refractivity contribution in [3.63, 3.8) is 0 Å². The van der Waals surface area contributed by atoms with Crippen molar-refractivity contribution in [1.82, 2.24) is 0 Å². The first-order chi connectivity index (χ1) is 11.3. The molecule has 0 aromatic heterocycles. The van der Waals surface area contributed by atoms with Crippen molar-refractivity contribution < 1.29 is 5.11 Å². The van der Waals surface area contributed by atoms with Gasteiger partial charge in [0.2, 0.25) is 0 Å². The molecule has 2 heteroatoms. The van der Waals surface area contributed by atoms with Gasteiger partial charge in [-0.05, 0) is 16.7 Å². The fraction of sp³-hybridized carbons (Fsp3) is 0.0952. The molecule has 1 atom stereocenters. The summed E-state index contributed by atoms with van der Waals surface area (Å²) in [6.45, 7) is 0. The summed E-state index contributed by atoms with van der Waals surface area (Å²) in [4.78, 5) is 0. The maximum Gasteiger partial charge on any atom is 0.134 e. The number of rotatable bonds is 4. The van der Waals surface area contributed by atoms with Crippen LogP contribution in [0.5, 0.6) is 0 Å². The molecule has 0 amide bonds. The van der Waals surface area contributed by atoms with Gasteiger partial charge in [-0.15, -0.1) is 0 Å². The highest BCUT2D eigenvalue weighted by Gasteiger charge is 2.41. The van der Waals surface area contributed by atoms with Gasteiger partial charge < -0.3 is 5.11 Å². The minimum absolute atomic E-state index is 0.700. The fourth-order valence-corrected chi connectivity index (χ4v) is 2.94. The summed E-state index contributed by atoms with van der Waals surface area (Å²) in [5.74, 6) is -0.700. The Balaban J connectivity index is 2.22. The van der Waals surface area contributed by atoms with E-state index in [1.165, 1.54) is 0 Å². The summed E-state index contributed by atoms with van der Waals surface area (Å²) >= 11 is 0. The van der Waals surface area contributed by atoms with Crippen molar-refractivity contribution in [2.75, 3.05) is 0 Å². The molecule has 3 aromatic carbocycles. The molecule has 0 saturated heterocycles. The Morgan fingerprint density at radius 3 is 1.48 bits per heavy atom. The van der Waals surface area contributed by atoms with E-state index >= 15 is 0 Å². The number of hydrogen-bond acceptors (Lipinski definition) is 2. The second-order valence-corrected chi connectivity index (χ2v) is 5.47. The van der Waals surface area contributed by atoms with Crippen molar-refractivity contribution in [1.29, 1.82) is 5.26 Å². The summed E-state index contributed by atoms with van der Waals surface area (Å²) in [6, 6.07) is 30.5. The molecule has 1 N–H and O–H groups in total. The molecule has 0 spiro atoms. The molecule has 0 aliphatic rings. The topological polar surface area (TPSA) is 44.0 Å². The molecule has 2 nitrogen and oxygen atoms in total. The van der Waals surface area contributed by atoms with Gasteiger partial charge in [0.25, 0.3) is 0 Å². The highest BCUT2D eigenvalue weighted by Crippen LogP contribution is 2.42. The molecule has 0 fully saturated rings. The maximum atomic E-state index is 11.6. The number of nitrogens with zero attached hydrogens (tertiary/aromatic N) is 1. The molecule has 3 aromatic rings. The summed E-state index contributed by atoms with van der Waals surface area (Å²) in [5, 5.41) is 21.5. The summed E-state index contributed by atoms with van der Waals surface area (Å²) in [6.07, 6.45) is 0. The van der Waals surface area contributed by atoms with E-state index in [0.29, 0.717) is 11.1 Å². The number of nitriles is 1. The Morgan fingerprint density at radius 2 is 1.09 bits per heavy atom. The highest BCUT2D eigenvalue weighted by atomic mass is 16.3. The first-order valence-corrected chi connectivity index (χ1v) is 7.55. The smallest absolute Gasteiger partial charge is 0.134 e. The van der Waals surface area contributed by atoms with E-state index in [9.17, 15) is 10.4 Å². The summed E-state index contributed by atoms with van der Waals surface area (Å²) in [5.41, 5.74) is 0.812. The van der Waals surface area contributed by atoms with Gasteiger partial charge >= 0.3 is 0 Å². The van der Waals surface area contributed by atoms with Gasteiger partial charge in [0.05, 0.1) is 6.07 Å². The van der Waals surface area contributed by atoms with Crippen molar-refractivity contribution in [3.8, 4) is 6.07 Å². The Bertz CT molecular complexity index is 752. The van der Waals surface area contributed by atoms with Crippen LogP contribution in [0.2, 0.25) is 0 Å². The predicted octanol–water partition coefficient (Wildman–Crippen LogP) is 4.23. The van der Waals surface area contributed by atoms with Gasteiger partial charge in [0, 0.05) is 0 Å². The van der Waals surface area contributed by atoms with Crippen molar-refractivity contribution in [3.05, 3.63) is 108 Å². The van der Waals surface area contributed by atoms with E-state index in [4.69, 9.17) is 0 Å². The molecule has 0 aliphatic carbocycles. The van der Waals surface area contributed by atoms with Gasteiger partial charge in [-0.25, -0.2) is 0 Å². The Morgan fingerprint density at radius 1 is 0.696 bits per heavy atom. The van der Waals surface area contributed by atoms with E-state index in [1.807, 2.05) is 91.0 Å². The lowest BCUT2D eigenvalue weighted by molar-refractivity contribution is 0.0672. The lowest BCUT2D eigenvalue weighted by Gasteiger charge is -2.34. The Kier molecular flexibility index (Phi) is 4.23. The van der Waals surface area contributed by atoms with Gasteiger partial charge in [0.1, 0.15) is 11.5 Å². The van der Waals surface area contributed by atoms with Crippen molar-refractivity contribution >= 4 is 0 Å². The van der Waals surface area contributed by atoms with Crippen molar-refractivity contribution in [2.45, 2.75) is 11.5 Å². The number of aliphatic hydroxyl groups is 1. The quantitative estimate of drug-likeness (QED) is 0.783. The van der Waals surface area contributed by atoms with Crippen molar-refractivity contribution in [2.24, 2.45) is 0 Å². The first-order valence-electron chi connectivity index (χ1n) is 7.55. The molecule has 0 unspecified atom stereocenters. The Hall–Kier alpha value is -2.89. The van der Waals surface area contributed by atoms with Gasteiger partial charge in [0.15, 0.2) is 0 Å². The predicted molar refractivity (Wildman–Crippen MR) is 90.7 cm³/mol. The summed E-state index contributed by atoms with van der Waals surface area (Å²) in [7, 11) is 0. The van der Waals surface area contributed by atoms with Crippen LogP contribution in [-0.2, 0) is 5.60 Å². The van der Waals surface area contributed by atoms with Crippen LogP contribution in [0.1, 0.15) is 22.6 Å². The van der Waals surface area contributed by atoms with E-state index < -0.39 is 11.5 Å². The minimum atomic E-state index is -1.40. The Labute approximate surface area is 136 Å². The average Bonchev–Trinajstić information content (AvgIpc) is 2.64. The molecule has 0 bridgehead atoms. The third kappa shape index (κ3) is 2.75. The van der Waals surface area contributed by atoms with Crippen LogP contribution < -0.4 is 0 Å². The third-order valence-corrected chi connectivity index (χ3v) is 4.11. The second kappa shape index (κ2) is 6.48. The first kappa shape index (κ1) is 15.0. The molecule has 112 valence electrons. The standard InChI is InChI=1S/C21H17NO/c22-16-20(17-10-4-1-5-11-17)21(23,18-12-6-2-7-13-18)19-14-8-3-9-15-19/h1-15,20,23H/t20-/m1/s1. The monoisotopic (exact) mass is 299 g/mol. The number of benzene rings is 3. The normalized spacial score (nSPS) is 12.3. The van der Waals surface area contributed by atoms with E-state index in [2.05, 4.69) is 6.07 Å². The molecular weight excluding hydrogens is 282 g/mol. The van der Waals surface area contributed by atoms with Gasteiger partial charge in [-0.1, -0.05) is 91.0 Å². The van der Waals surface area contributed by atoms with Crippen LogP contribution in [0.4, 0.5) is 0 Å². The zero-order valence-corrected chi connectivity index (χ0v) is 12.6. The molecule has 0 heterocycles. The zero-order chi connectivity index (χ0) is 16.1. The average molecular weight is 299 g/mol. The molecule has 3 rings (SSSR count). The van der Waals surface area contributed by atoms with Crippen LogP contribution in [0, 0.1) is 11.3 Å². The van der Waals surface area contributed by atoms with Crippen LogP contribution in [0.15, 0.2) is 91.0 Å². The second-order valence-electron chi connectivity index (χ2n) is 5.47. The van der Waals surface area contributed by atoms with Gasteiger partial charge in [-0.2, -0.15) is 5.26 Å². The lowest BCUT2D eigenvalue weighted by atomic mass is 9.74. The van der Waals surface area contributed by atoms with Gasteiger partial charge in [-0.3, -0.25) is 0 Å². The molecular formula is C21H17NO. The minimum Gasteiger partial charge on any atom is -0.379 e. The van der Waals surface area contributed by atoms with Crippen LogP contribution in [-0.4, -0.2) is 5.11 Å². The third-order valence-electron chi connectivity index (χ3n) is 4.11. The lowest BCUT2D eigenvalue weighted by Crippen LogP contribution is -2.34. The van der Waals surface area contributed by atoms with E-state index in [0.717, 1.165) is 5.56 Å². The highest BCUT2D eigenvalue weighted by molar-refractivity contribution is 5.44. The molecule has 0 saturated carbocycles. The van der Waals surface area contributed by atoms with E-state index in [1.54, 1.807) is 0 Å². The SMILES string of the molecule is N#C[C@H](c1ccccc1)C(O)(c1ccccc1)c1ccccc1. The summed E-state index contributed by atoms with van der Waals surface area (Å²) < 4.78 is 0. The zero-order valence-electron chi connectivity index (χ0n) is 12.6. The fourth-order valence-electron chi connectivity index (χ4n) is 2.94. The van der Waals surface area contributed by atoms with E-state index in [-0.39, 0.29) is 0 Å².